The SMILES string of the molecule is FCC(Cl)C(Cl)CCl. The normalized spacial score (nSPS) is 18.0. The molecule has 0 heterocycles. The van der Waals surface area contributed by atoms with Crippen molar-refractivity contribution in [2.75, 3.05) is 12.6 Å². The van der Waals surface area contributed by atoms with Crippen LogP contribution < -0.4 is 0 Å². The largest absolute Gasteiger partial charge is 0.249 e. The fourth-order valence-electron chi connectivity index (χ4n) is 0.193. The third-order valence-corrected chi connectivity index (χ3v) is 2.19. The van der Waals surface area contributed by atoms with Crippen molar-refractivity contribution in [2.24, 2.45) is 0 Å². The van der Waals surface area contributed by atoms with E-state index in [9.17, 15) is 4.39 Å². The van der Waals surface area contributed by atoms with E-state index < -0.39 is 17.4 Å². The Morgan fingerprint density at radius 2 is 1.75 bits per heavy atom. The highest BCUT2D eigenvalue weighted by Gasteiger charge is 2.14. The van der Waals surface area contributed by atoms with Crippen molar-refractivity contribution in [1.29, 1.82) is 0 Å². The first kappa shape index (κ1) is 8.80. The van der Waals surface area contributed by atoms with E-state index in [4.69, 9.17) is 34.8 Å². The van der Waals surface area contributed by atoms with Gasteiger partial charge in [0.1, 0.15) is 6.67 Å². The van der Waals surface area contributed by atoms with Gasteiger partial charge in [0, 0.05) is 5.88 Å². The molecule has 0 spiro atoms. The summed E-state index contributed by atoms with van der Waals surface area (Å²) in [5, 5.41) is -1.10. The highest BCUT2D eigenvalue weighted by Crippen LogP contribution is 2.11. The zero-order chi connectivity index (χ0) is 6.57. The summed E-state index contributed by atoms with van der Waals surface area (Å²) in [7, 11) is 0. The van der Waals surface area contributed by atoms with Crippen LogP contribution in [0.5, 0.6) is 0 Å². The van der Waals surface area contributed by atoms with Crippen LogP contribution in [0.15, 0.2) is 0 Å². The summed E-state index contributed by atoms with van der Waals surface area (Å²) in [5.74, 6) is 0.194. The Kier molecular flexibility index (Phi) is 5.12. The smallest absolute Gasteiger partial charge is 0.107 e. The van der Waals surface area contributed by atoms with Gasteiger partial charge >= 0.3 is 0 Å². The summed E-state index contributed by atoms with van der Waals surface area (Å²) in [6, 6.07) is 0. The Morgan fingerprint density at radius 3 is 1.88 bits per heavy atom. The van der Waals surface area contributed by atoms with E-state index in [0.29, 0.717) is 0 Å². The van der Waals surface area contributed by atoms with Crippen molar-refractivity contribution in [3.05, 3.63) is 0 Å². The Bertz CT molecular complexity index is 51.2. The van der Waals surface area contributed by atoms with Crippen molar-refractivity contribution in [2.45, 2.75) is 10.8 Å². The second-order valence-corrected chi connectivity index (χ2v) is 2.77. The summed E-state index contributed by atoms with van der Waals surface area (Å²) in [6.45, 7) is -0.623. The molecule has 0 rings (SSSR count). The molecule has 0 aromatic rings. The fourth-order valence-corrected chi connectivity index (χ4v) is 0.656. The number of alkyl halides is 4. The molecular formula is C4H6Cl3F. The predicted molar refractivity (Wildman–Crippen MR) is 36.0 cm³/mol. The first-order valence-corrected chi connectivity index (χ1v) is 3.53. The maximum atomic E-state index is 11.5. The molecule has 0 aliphatic carbocycles. The van der Waals surface area contributed by atoms with Crippen LogP contribution in [0.2, 0.25) is 0 Å². The van der Waals surface area contributed by atoms with Crippen molar-refractivity contribution in [1.82, 2.24) is 0 Å². The lowest BCUT2D eigenvalue weighted by Crippen LogP contribution is -2.18. The number of halogens is 4. The Labute approximate surface area is 62.9 Å². The zero-order valence-corrected chi connectivity index (χ0v) is 6.35. The molecule has 50 valence electrons. The van der Waals surface area contributed by atoms with Crippen LogP contribution in [0.25, 0.3) is 0 Å². The van der Waals surface area contributed by atoms with Gasteiger partial charge in [-0.25, -0.2) is 4.39 Å². The molecule has 0 bridgehead atoms. The molecule has 8 heavy (non-hydrogen) atoms. The van der Waals surface area contributed by atoms with E-state index in [1.165, 1.54) is 0 Å². The Morgan fingerprint density at radius 1 is 1.25 bits per heavy atom. The third kappa shape index (κ3) is 2.95. The van der Waals surface area contributed by atoms with Crippen LogP contribution in [0.3, 0.4) is 0 Å². The number of rotatable bonds is 3. The molecular weight excluding hydrogens is 173 g/mol. The average Bonchev–Trinajstić information content (AvgIpc) is 1.84. The van der Waals surface area contributed by atoms with Gasteiger partial charge in [-0.2, -0.15) is 0 Å². The van der Waals surface area contributed by atoms with Crippen molar-refractivity contribution in [3.63, 3.8) is 0 Å². The minimum atomic E-state index is -0.644. The van der Waals surface area contributed by atoms with Gasteiger partial charge < -0.3 is 0 Å². The van der Waals surface area contributed by atoms with Crippen molar-refractivity contribution >= 4 is 34.8 Å². The molecule has 2 atom stereocenters. The molecule has 0 aliphatic heterocycles. The van der Waals surface area contributed by atoms with Gasteiger partial charge in [0.25, 0.3) is 0 Å². The van der Waals surface area contributed by atoms with Gasteiger partial charge in [-0.1, -0.05) is 0 Å². The highest BCUT2D eigenvalue weighted by molar-refractivity contribution is 6.33. The number of hydrogen-bond acceptors (Lipinski definition) is 0. The van der Waals surface area contributed by atoms with Crippen LogP contribution in [0, 0.1) is 0 Å². The maximum absolute atomic E-state index is 11.5. The molecule has 0 aromatic heterocycles. The zero-order valence-electron chi connectivity index (χ0n) is 4.08. The van der Waals surface area contributed by atoms with E-state index in [-0.39, 0.29) is 5.88 Å². The van der Waals surface area contributed by atoms with Gasteiger partial charge in [0.2, 0.25) is 0 Å². The van der Waals surface area contributed by atoms with Gasteiger partial charge in [-0.3, -0.25) is 0 Å². The number of hydrogen-bond donors (Lipinski definition) is 0. The van der Waals surface area contributed by atoms with E-state index in [1.807, 2.05) is 0 Å². The molecule has 0 aromatic carbocycles. The summed E-state index contributed by atoms with van der Waals surface area (Å²) < 4.78 is 11.5. The molecule has 0 aliphatic rings. The molecule has 4 heteroatoms. The quantitative estimate of drug-likeness (QED) is 0.584. The van der Waals surface area contributed by atoms with Crippen molar-refractivity contribution in [3.8, 4) is 0 Å². The molecule has 0 radical (unpaired) electrons. The molecule has 0 nitrogen and oxygen atoms in total. The van der Waals surface area contributed by atoms with Crippen molar-refractivity contribution < 1.29 is 4.39 Å². The second-order valence-electron chi connectivity index (χ2n) is 1.34. The molecule has 0 saturated heterocycles. The van der Waals surface area contributed by atoms with E-state index in [2.05, 4.69) is 0 Å². The first-order chi connectivity index (χ1) is 3.72. The molecule has 0 saturated carbocycles. The molecule has 0 amide bonds. The van der Waals surface area contributed by atoms with Crippen LogP contribution >= 0.6 is 34.8 Å². The summed E-state index contributed by atoms with van der Waals surface area (Å²) >= 11 is 16.0. The van der Waals surface area contributed by atoms with E-state index in [1.54, 1.807) is 0 Å². The van der Waals surface area contributed by atoms with Crippen LogP contribution in [0.4, 0.5) is 4.39 Å². The van der Waals surface area contributed by atoms with Gasteiger partial charge in [0.05, 0.1) is 10.8 Å². The highest BCUT2D eigenvalue weighted by atomic mass is 35.5. The summed E-state index contributed by atoms with van der Waals surface area (Å²) in [5.41, 5.74) is 0. The lowest BCUT2D eigenvalue weighted by atomic mass is 10.3. The lowest BCUT2D eigenvalue weighted by Gasteiger charge is -2.06. The van der Waals surface area contributed by atoms with Crippen LogP contribution in [0.1, 0.15) is 0 Å². The maximum Gasteiger partial charge on any atom is 0.107 e. The predicted octanol–water partition coefficient (Wildman–Crippen LogP) is 2.41. The monoisotopic (exact) mass is 178 g/mol. The van der Waals surface area contributed by atoms with Gasteiger partial charge in [-0.05, 0) is 0 Å². The van der Waals surface area contributed by atoms with Crippen LogP contribution in [-0.4, -0.2) is 23.3 Å². The Balaban J connectivity index is 3.29. The lowest BCUT2D eigenvalue weighted by molar-refractivity contribution is 0.477. The minimum absolute atomic E-state index is 0.194. The first-order valence-electron chi connectivity index (χ1n) is 2.12. The average molecular weight is 179 g/mol. The van der Waals surface area contributed by atoms with E-state index >= 15 is 0 Å². The molecule has 2 unspecified atom stereocenters. The fraction of sp³-hybridized carbons (Fsp3) is 1.00. The molecule has 0 N–H and O–H groups in total. The molecule has 0 fully saturated rings. The standard InChI is InChI=1S/C4H6Cl3F/c5-1-3(6)4(7)2-8/h3-4H,1-2H2. The van der Waals surface area contributed by atoms with E-state index in [0.717, 1.165) is 0 Å². The summed E-state index contributed by atoms with van der Waals surface area (Å²) in [6.07, 6.45) is 0. The van der Waals surface area contributed by atoms with Gasteiger partial charge in [-0.15, -0.1) is 34.8 Å². The topological polar surface area (TPSA) is 0 Å². The second kappa shape index (κ2) is 4.66. The van der Waals surface area contributed by atoms with Gasteiger partial charge in [0.15, 0.2) is 0 Å². The minimum Gasteiger partial charge on any atom is -0.249 e. The Hall–Kier alpha value is 0.800. The third-order valence-electron chi connectivity index (χ3n) is 0.687. The summed E-state index contributed by atoms with van der Waals surface area (Å²) in [4.78, 5) is 0. The van der Waals surface area contributed by atoms with Crippen LogP contribution in [-0.2, 0) is 0 Å².